The van der Waals surface area contributed by atoms with Crippen LogP contribution in [0.4, 0.5) is 5.95 Å². The van der Waals surface area contributed by atoms with Crippen LogP contribution in [0.1, 0.15) is 15.9 Å². The van der Waals surface area contributed by atoms with Gasteiger partial charge in [0, 0.05) is 30.1 Å². The molecule has 2 aromatic carbocycles. The Bertz CT molecular complexity index is 1110. The van der Waals surface area contributed by atoms with E-state index in [0.717, 1.165) is 16.9 Å². The average molecular weight is 385 g/mol. The van der Waals surface area contributed by atoms with Crippen LogP contribution in [-0.4, -0.2) is 32.8 Å². The normalized spacial score (nSPS) is 10.5. The maximum Gasteiger partial charge on any atom is 0.281 e. The molecule has 2 aromatic heterocycles. The molecule has 0 saturated heterocycles. The zero-order chi connectivity index (χ0) is 20.1. The third-order valence-electron chi connectivity index (χ3n) is 4.32. The Labute approximate surface area is 168 Å². The molecule has 4 aromatic rings. The Morgan fingerprint density at radius 2 is 1.93 bits per heavy atom. The lowest BCUT2D eigenvalue weighted by Gasteiger charge is -2.08. The van der Waals surface area contributed by atoms with Crippen molar-refractivity contribution < 1.29 is 9.53 Å². The van der Waals surface area contributed by atoms with Gasteiger partial charge in [-0.1, -0.05) is 30.3 Å². The molecule has 2 heterocycles. The van der Waals surface area contributed by atoms with E-state index in [1.54, 1.807) is 37.7 Å². The molecule has 7 nitrogen and oxygen atoms in total. The summed E-state index contributed by atoms with van der Waals surface area (Å²) in [5.74, 6) is 1.29. The molecular weight excluding hydrogens is 366 g/mol. The second-order valence-corrected chi connectivity index (χ2v) is 6.29. The van der Waals surface area contributed by atoms with Gasteiger partial charge >= 0.3 is 0 Å². The smallest absolute Gasteiger partial charge is 0.281 e. The number of aromatic nitrogens is 4. The zero-order valence-corrected chi connectivity index (χ0v) is 15.8. The third kappa shape index (κ3) is 4.14. The summed E-state index contributed by atoms with van der Waals surface area (Å²) in [6.07, 6.45) is 3.34. The van der Waals surface area contributed by atoms with Crippen LogP contribution in [-0.2, 0) is 6.54 Å². The maximum atomic E-state index is 13.0. The van der Waals surface area contributed by atoms with Gasteiger partial charge < -0.3 is 10.1 Å². The summed E-state index contributed by atoms with van der Waals surface area (Å²) in [6.45, 7) is 0.463. The van der Waals surface area contributed by atoms with Crippen molar-refractivity contribution in [2.24, 2.45) is 0 Å². The fraction of sp³-hybridized carbons (Fsp3) is 0.0909. The van der Waals surface area contributed by atoms with Crippen LogP contribution in [0.15, 0.2) is 79.1 Å². The van der Waals surface area contributed by atoms with Gasteiger partial charge in [0.2, 0.25) is 5.95 Å². The molecule has 4 rings (SSSR count). The molecule has 7 heteroatoms. The van der Waals surface area contributed by atoms with Gasteiger partial charge in [0.15, 0.2) is 5.82 Å². The predicted molar refractivity (Wildman–Crippen MR) is 110 cm³/mol. The van der Waals surface area contributed by atoms with Gasteiger partial charge in [-0.2, -0.15) is 9.67 Å². The SMILES string of the molecule is COc1cccc(CNc2nc(-c3cccnc3)nn2C(=O)c2ccccc2)c1. The van der Waals surface area contributed by atoms with Gasteiger partial charge in [-0.3, -0.25) is 9.78 Å². The van der Waals surface area contributed by atoms with Crippen LogP contribution in [0.3, 0.4) is 0 Å². The fourth-order valence-electron chi connectivity index (χ4n) is 2.85. The van der Waals surface area contributed by atoms with Crippen molar-refractivity contribution in [2.75, 3.05) is 12.4 Å². The van der Waals surface area contributed by atoms with E-state index in [2.05, 4.69) is 20.4 Å². The summed E-state index contributed by atoms with van der Waals surface area (Å²) in [5.41, 5.74) is 2.25. The number of ether oxygens (including phenoxy) is 1. The number of carbonyl (C=O) groups excluding carboxylic acids is 1. The molecule has 0 radical (unpaired) electrons. The summed E-state index contributed by atoms with van der Waals surface area (Å²) in [7, 11) is 1.63. The first-order valence-electron chi connectivity index (χ1n) is 9.08. The van der Waals surface area contributed by atoms with Gasteiger partial charge in [-0.25, -0.2) is 0 Å². The molecule has 0 fully saturated rings. The summed E-state index contributed by atoms with van der Waals surface area (Å²) >= 11 is 0. The lowest BCUT2D eigenvalue weighted by Crippen LogP contribution is -2.17. The van der Waals surface area contributed by atoms with Crippen LogP contribution < -0.4 is 10.1 Å². The molecule has 0 atom stereocenters. The zero-order valence-electron chi connectivity index (χ0n) is 15.8. The van der Waals surface area contributed by atoms with Crippen molar-refractivity contribution in [2.45, 2.75) is 6.54 Å². The number of nitrogens with zero attached hydrogens (tertiary/aromatic N) is 4. The highest BCUT2D eigenvalue weighted by Gasteiger charge is 2.18. The Kier molecular flexibility index (Phi) is 5.29. The number of hydrogen-bond acceptors (Lipinski definition) is 6. The Morgan fingerprint density at radius 1 is 1.07 bits per heavy atom. The molecular formula is C22H19N5O2. The largest absolute Gasteiger partial charge is 0.497 e. The van der Waals surface area contributed by atoms with Crippen LogP contribution in [0, 0.1) is 0 Å². The summed E-state index contributed by atoms with van der Waals surface area (Å²) in [6, 6.07) is 20.3. The van der Waals surface area contributed by atoms with Crippen LogP contribution in [0.2, 0.25) is 0 Å². The minimum absolute atomic E-state index is 0.263. The molecule has 0 aliphatic rings. The van der Waals surface area contributed by atoms with Crippen molar-refractivity contribution in [1.29, 1.82) is 0 Å². The van der Waals surface area contributed by atoms with Crippen LogP contribution in [0.5, 0.6) is 5.75 Å². The molecule has 29 heavy (non-hydrogen) atoms. The second kappa shape index (κ2) is 8.35. The molecule has 144 valence electrons. The van der Waals surface area contributed by atoms with Gasteiger partial charge in [0.1, 0.15) is 5.75 Å². The van der Waals surface area contributed by atoms with Gasteiger partial charge in [0.05, 0.1) is 7.11 Å². The summed E-state index contributed by atoms with van der Waals surface area (Å²) in [4.78, 5) is 21.6. The van der Waals surface area contributed by atoms with E-state index in [1.165, 1.54) is 4.68 Å². The number of methoxy groups -OCH3 is 1. The predicted octanol–water partition coefficient (Wildman–Crippen LogP) is 3.65. The number of pyridine rings is 1. The monoisotopic (exact) mass is 385 g/mol. The molecule has 0 spiro atoms. The lowest BCUT2D eigenvalue weighted by molar-refractivity contribution is 0.0947. The summed E-state index contributed by atoms with van der Waals surface area (Å²) < 4.78 is 6.56. The van der Waals surface area contributed by atoms with Crippen LogP contribution >= 0.6 is 0 Å². The first-order valence-corrected chi connectivity index (χ1v) is 9.08. The van der Waals surface area contributed by atoms with Crippen molar-refractivity contribution in [1.82, 2.24) is 19.7 Å². The molecule has 0 aliphatic carbocycles. The van der Waals surface area contributed by atoms with Gasteiger partial charge in [0.25, 0.3) is 5.91 Å². The molecule has 1 N–H and O–H groups in total. The van der Waals surface area contributed by atoms with E-state index >= 15 is 0 Å². The second-order valence-electron chi connectivity index (χ2n) is 6.29. The van der Waals surface area contributed by atoms with E-state index in [0.29, 0.717) is 23.9 Å². The van der Waals surface area contributed by atoms with Gasteiger partial charge in [-0.15, -0.1) is 5.10 Å². The van der Waals surface area contributed by atoms with E-state index in [1.807, 2.05) is 48.5 Å². The highest BCUT2D eigenvalue weighted by atomic mass is 16.5. The van der Waals surface area contributed by atoms with Gasteiger partial charge in [-0.05, 0) is 42.0 Å². The molecule has 0 bridgehead atoms. The van der Waals surface area contributed by atoms with E-state index in [-0.39, 0.29) is 5.91 Å². The minimum atomic E-state index is -0.263. The Balaban J connectivity index is 1.67. The Morgan fingerprint density at radius 3 is 2.69 bits per heavy atom. The quantitative estimate of drug-likeness (QED) is 0.546. The number of hydrogen-bond donors (Lipinski definition) is 1. The highest BCUT2D eigenvalue weighted by Crippen LogP contribution is 2.19. The van der Waals surface area contributed by atoms with E-state index in [9.17, 15) is 4.79 Å². The number of carbonyl (C=O) groups is 1. The average Bonchev–Trinajstić information content (AvgIpc) is 3.23. The lowest BCUT2D eigenvalue weighted by atomic mass is 10.2. The number of anilines is 1. The van der Waals surface area contributed by atoms with Crippen molar-refractivity contribution in [3.63, 3.8) is 0 Å². The number of benzene rings is 2. The molecule has 0 amide bonds. The van der Waals surface area contributed by atoms with E-state index in [4.69, 9.17) is 4.74 Å². The number of rotatable bonds is 6. The van der Waals surface area contributed by atoms with Crippen molar-refractivity contribution in [3.05, 3.63) is 90.3 Å². The van der Waals surface area contributed by atoms with Crippen molar-refractivity contribution >= 4 is 11.9 Å². The molecule has 0 aliphatic heterocycles. The highest BCUT2D eigenvalue weighted by molar-refractivity contribution is 5.97. The first-order chi connectivity index (χ1) is 14.2. The van der Waals surface area contributed by atoms with E-state index < -0.39 is 0 Å². The standard InChI is InChI=1S/C22H19N5O2/c1-29-19-11-5-7-16(13-19)14-24-22-25-20(18-10-6-12-23-15-18)26-27(22)21(28)17-8-3-2-4-9-17/h2-13,15H,14H2,1H3,(H,24,25,26). The molecule has 0 unspecified atom stereocenters. The Hall–Kier alpha value is -4.00. The minimum Gasteiger partial charge on any atom is -0.497 e. The maximum absolute atomic E-state index is 13.0. The third-order valence-corrected chi connectivity index (χ3v) is 4.32. The fourth-order valence-corrected chi connectivity index (χ4v) is 2.85. The first kappa shape index (κ1) is 18.4. The van der Waals surface area contributed by atoms with Crippen LogP contribution in [0.25, 0.3) is 11.4 Å². The molecule has 0 saturated carbocycles. The summed E-state index contributed by atoms with van der Waals surface area (Å²) in [5, 5.41) is 7.65. The van der Waals surface area contributed by atoms with Crippen molar-refractivity contribution in [3.8, 4) is 17.1 Å². The topological polar surface area (TPSA) is 81.9 Å². The number of nitrogens with one attached hydrogen (secondary N) is 1.